The molecule has 2 saturated carbocycles. The van der Waals surface area contributed by atoms with Gasteiger partial charge in [0.2, 0.25) is 0 Å². The smallest absolute Gasteiger partial charge is 0.306 e. The van der Waals surface area contributed by atoms with E-state index in [-0.39, 0.29) is 23.3 Å². The number of fused-ring (bicyclic) bond motifs is 5. The highest BCUT2D eigenvalue weighted by Crippen LogP contribution is 2.61. The quantitative estimate of drug-likeness (QED) is 0.732. The third-order valence-electron chi connectivity index (χ3n) is 7.81. The van der Waals surface area contributed by atoms with E-state index in [2.05, 4.69) is 13.0 Å². The lowest BCUT2D eigenvalue weighted by molar-refractivity contribution is -0.157. The third-order valence-corrected chi connectivity index (χ3v) is 7.81. The maximum absolute atomic E-state index is 12.3. The predicted molar refractivity (Wildman–Crippen MR) is 107 cm³/mol. The van der Waals surface area contributed by atoms with E-state index in [1.54, 1.807) is 6.92 Å². The number of phenolic OH excluding ortho intramolecular Hbond substituents is 1. The summed E-state index contributed by atoms with van der Waals surface area (Å²) in [6, 6.07) is 5.90. The number of aryl methyl sites for hydroxylation is 1. The van der Waals surface area contributed by atoms with Crippen molar-refractivity contribution < 1.29 is 19.4 Å². The number of hydrogen-bond donors (Lipinski definition) is 1. The predicted octanol–water partition coefficient (Wildman–Crippen LogP) is 4.92. The molecular weight excluding hydrogens is 352 g/mol. The van der Waals surface area contributed by atoms with Gasteiger partial charge in [-0.2, -0.15) is 0 Å². The maximum Gasteiger partial charge on any atom is 0.306 e. The van der Waals surface area contributed by atoms with Crippen LogP contribution in [0.3, 0.4) is 0 Å². The standard InChI is InChI=1S/C24H32O4/c1-15(25)4-3-5-23(27)28-22-11-10-21-20-8-6-16-14-17(26)7-9-18(16)19(20)12-13-24(21,22)2/h7,9,14,19-22,26H,3-6,8,10-13H2,1-2H3. The Balaban J connectivity index is 1.44. The van der Waals surface area contributed by atoms with E-state index in [9.17, 15) is 14.7 Å². The van der Waals surface area contributed by atoms with Crippen LogP contribution in [-0.4, -0.2) is 23.0 Å². The van der Waals surface area contributed by atoms with Crippen molar-refractivity contribution in [1.82, 2.24) is 0 Å². The first-order valence-electron chi connectivity index (χ1n) is 10.9. The molecule has 5 atom stereocenters. The number of benzene rings is 1. The van der Waals surface area contributed by atoms with Crippen molar-refractivity contribution in [2.75, 3.05) is 0 Å². The Morgan fingerprint density at radius 1 is 1.18 bits per heavy atom. The number of esters is 1. The molecule has 4 nitrogen and oxygen atoms in total. The van der Waals surface area contributed by atoms with E-state index in [1.165, 1.54) is 17.5 Å². The Hall–Kier alpha value is -1.84. The van der Waals surface area contributed by atoms with Gasteiger partial charge in [0, 0.05) is 18.3 Å². The Morgan fingerprint density at radius 3 is 2.79 bits per heavy atom. The van der Waals surface area contributed by atoms with Gasteiger partial charge < -0.3 is 14.6 Å². The van der Waals surface area contributed by atoms with Crippen LogP contribution in [0.15, 0.2) is 18.2 Å². The number of Topliss-reactive ketones (excluding diaryl/α,β-unsaturated/α-hetero) is 1. The number of carbonyl (C=O) groups excluding carboxylic acids is 2. The summed E-state index contributed by atoms with van der Waals surface area (Å²) in [6.45, 7) is 3.90. The van der Waals surface area contributed by atoms with E-state index in [0.717, 1.165) is 32.1 Å². The van der Waals surface area contributed by atoms with Gasteiger partial charge in [0.15, 0.2) is 0 Å². The largest absolute Gasteiger partial charge is 0.508 e. The number of ether oxygens (including phenoxy) is 1. The van der Waals surface area contributed by atoms with Crippen LogP contribution in [0.25, 0.3) is 0 Å². The minimum absolute atomic E-state index is 0.0180. The van der Waals surface area contributed by atoms with Crippen molar-refractivity contribution in [2.24, 2.45) is 17.3 Å². The van der Waals surface area contributed by atoms with Gasteiger partial charge in [-0.25, -0.2) is 0 Å². The molecule has 0 bridgehead atoms. The fourth-order valence-electron chi connectivity index (χ4n) is 6.41. The normalized spacial score (nSPS) is 33.5. The summed E-state index contributed by atoms with van der Waals surface area (Å²) in [4.78, 5) is 23.4. The summed E-state index contributed by atoms with van der Waals surface area (Å²) in [5.74, 6) is 2.19. The Morgan fingerprint density at radius 2 is 2.00 bits per heavy atom. The van der Waals surface area contributed by atoms with Gasteiger partial charge in [-0.15, -0.1) is 0 Å². The molecule has 4 rings (SSSR count). The average molecular weight is 385 g/mol. The number of aromatic hydroxyl groups is 1. The van der Waals surface area contributed by atoms with E-state index >= 15 is 0 Å². The van der Waals surface area contributed by atoms with Crippen LogP contribution in [0, 0.1) is 17.3 Å². The topological polar surface area (TPSA) is 63.6 Å². The monoisotopic (exact) mass is 384 g/mol. The lowest BCUT2D eigenvalue weighted by atomic mass is 9.55. The molecule has 1 N–H and O–H groups in total. The summed E-state index contributed by atoms with van der Waals surface area (Å²) in [7, 11) is 0. The van der Waals surface area contributed by atoms with Crippen molar-refractivity contribution >= 4 is 11.8 Å². The van der Waals surface area contributed by atoms with Crippen LogP contribution in [0.5, 0.6) is 5.75 Å². The fourth-order valence-corrected chi connectivity index (χ4v) is 6.41. The van der Waals surface area contributed by atoms with E-state index in [1.807, 2.05) is 12.1 Å². The molecule has 3 aliphatic rings. The van der Waals surface area contributed by atoms with Crippen molar-refractivity contribution in [3.8, 4) is 5.75 Å². The molecule has 0 aliphatic heterocycles. The van der Waals surface area contributed by atoms with Gasteiger partial charge in [0.05, 0.1) is 0 Å². The zero-order chi connectivity index (χ0) is 19.9. The SMILES string of the molecule is CC(=O)CCCC(=O)OC1CCC2C3CCc4cc(O)ccc4C3CCC12C. The second-order valence-corrected chi connectivity index (χ2v) is 9.45. The second kappa shape index (κ2) is 7.53. The first-order chi connectivity index (χ1) is 13.4. The Labute approximate surface area is 167 Å². The fraction of sp³-hybridized carbons (Fsp3) is 0.667. The molecule has 0 radical (unpaired) electrons. The zero-order valence-corrected chi connectivity index (χ0v) is 17.1. The van der Waals surface area contributed by atoms with E-state index in [0.29, 0.717) is 42.8 Å². The minimum Gasteiger partial charge on any atom is -0.508 e. The Bertz CT molecular complexity index is 770. The third kappa shape index (κ3) is 3.46. The van der Waals surface area contributed by atoms with Crippen LogP contribution < -0.4 is 0 Å². The lowest BCUT2D eigenvalue weighted by Crippen LogP contribution is -2.45. The molecule has 4 heteroatoms. The van der Waals surface area contributed by atoms with Gasteiger partial charge >= 0.3 is 5.97 Å². The van der Waals surface area contributed by atoms with Crippen molar-refractivity contribution in [3.63, 3.8) is 0 Å². The van der Waals surface area contributed by atoms with Gasteiger partial charge in [0.1, 0.15) is 17.6 Å². The zero-order valence-electron chi connectivity index (χ0n) is 17.1. The van der Waals surface area contributed by atoms with Gasteiger partial charge in [-0.3, -0.25) is 4.79 Å². The van der Waals surface area contributed by atoms with Crippen LogP contribution in [0.2, 0.25) is 0 Å². The summed E-state index contributed by atoms with van der Waals surface area (Å²) in [5.41, 5.74) is 2.82. The summed E-state index contributed by atoms with van der Waals surface area (Å²) in [5, 5.41) is 9.82. The van der Waals surface area contributed by atoms with E-state index in [4.69, 9.17) is 4.74 Å². The molecule has 28 heavy (non-hydrogen) atoms. The number of hydrogen-bond acceptors (Lipinski definition) is 4. The first-order valence-corrected chi connectivity index (χ1v) is 10.9. The molecule has 1 aromatic rings. The highest BCUT2D eigenvalue weighted by Gasteiger charge is 2.56. The first kappa shape index (κ1) is 19.5. The molecular formula is C24H32O4. The molecule has 0 spiro atoms. The number of phenols is 1. The van der Waals surface area contributed by atoms with E-state index < -0.39 is 0 Å². The number of carbonyl (C=O) groups is 2. The molecule has 3 aliphatic carbocycles. The lowest BCUT2D eigenvalue weighted by Gasteiger charge is -2.50. The molecule has 152 valence electrons. The van der Waals surface area contributed by atoms with Crippen molar-refractivity contribution in [2.45, 2.75) is 83.7 Å². The molecule has 0 saturated heterocycles. The molecule has 1 aromatic carbocycles. The number of ketones is 1. The molecule has 0 heterocycles. The highest BCUT2D eigenvalue weighted by atomic mass is 16.5. The van der Waals surface area contributed by atoms with Crippen LogP contribution in [0.1, 0.15) is 82.3 Å². The summed E-state index contributed by atoms with van der Waals surface area (Å²) >= 11 is 0. The molecule has 5 unspecified atom stereocenters. The minimum atomic E-state index is -0.139. The second-order valence-electron chi connectivity index (χ2n) is 9.45. The van der Waals surface area contributed by atoms with Crippen LogP contribution in [-0.2, 0) is 20.7 Å². The van der Waals surface area contributed by atoms with Gasteiger partial charge in [-0.1, -0.05) is 13.0 Å². The van der Waals surface area contributed by atoms with Crippen LogP contribution >= 0.6 is 0 Å². The Kier molecular flexibility index (Phi) is 5.24. The van der Waals surface area contributed by atoms with Gasteiger partial charge in [-0.05, 0) is 92.9 Å². The van der Waals surface area contributed by atoms with Crippen molar-refractivity contribution in [1.29, 1.82) is 0 Å². The summed E-state index contributed by atoms with van der Waals surface area (Å²) < 4.78 is 5.95. The summed E-state index contributed by atoms with van der Waals surface area (Å²) in [6.07, 6.45) is 7.94. The molecule has 0 amide bonds. The van der Waals surface area contributed by atoms with Gasteiger partial charge in [0.25, 0.3) is 0 Å². The maximum atomic E-state index is 12.3. The molecule has 2 fully saturated rings. The average Bonchev–Trinajstić information content (AvgIpc) is 2.97. The highest BCUT2D eigenvalue weighted by molar-refractivity contribution is 5.76. The number of rotatable bonds is 5. The van der Waals surface area contributed by atoms with Crippen LogP contribution in [0.4, 0.5) is 0 Å². The van der Waals surface area contributed by atoms with Crippen molar-refractivity contribution in [3.05, 3.63) is 29.3 Å². The molecule has 0 aromatic heterocycles.